The Labute approximate surface area is 216 Å². The number of aromatic nitrogens is 1. The van der Waals surface area contributed by atoms with E-state index in [-0.39, 0.29) is 20.4 Å². The van der Waals surface area contributed by atoms with Crippen molar-refractivity contribution >= 4 is 31.4 Å². The van der Waals surface area contributed by atoms with Gasteiger partial charge in [-0.3, -0.25) is 9.69 Å². The monoisotopic (exact) mass is 588 g/mol. The van der Waals surface area contributed by atoms with E-state index in [9.17, 15) is 48.0 Å². The predicted octanol–water partition coefficient (Wildman–Crippen LogP) is 5.15. The molecule has 0 unspecified atom stereocenters. The van der Waals surface area contributed by atoms with Crippen LogP contribution in [0, 0.1) is 5.92 Å². The van der Waals surface area contributed by atoms with Crippen molar-refractivity contribution < 1.29 is 48.0 Å². The SMILES string of the molecule is C.CC(C)([C@H]1CCN(c2ncc(C(F)(F)F)cc2S(C)(=O)=O)C(=O)C1)S(=O)(=O)c1cccc(C(F)(F)F)c1. The zero-order valence-corrected chi connectivity index (χ0v) is 21.3. The van der Waals surface area contributed by atoms with Gasteiger partial charge in [0, 0.05) is 25.4 Å². The molecule has 0 saturated carbocycles. The number of rotatable bonds is 5. The van der Waals surface area contributed by atoms with Crippen LogP contribution in [-0.2, 0) is 36.8 Å². The molecule has 0 radical (unpaired) electrons. The Morgan fingerprint density at radius 2 is 1.53 bits per heavy atom. The van der Waals surface area contributed by atoms with Crippen LogP contribution in [-0.4, -0.2) is 45.3 Å². The minimum Gasteiger partial charge on any atom is -0.296 e. The number of amides is 1. The number of pyridine rings is 1. The van der Waals surface area contributed by atoms with E-state index in [0.29, 0.717) is 24.6 Å². The fourth-order valence-electron chi connectivity index (χ4n) is 4.08. The van der Waals surface area contributed by atoms with Crippen molar-refractivity contribution in [2.75, 3.05) is 17.7 Å². The highest BCUT2D eigenvalue weighted by Crippen LogP contribution is 2.41. The van der Waals surface area contributed by atoms with E-state index >= 15 is 0 Å². The molecule has 0 spiro atoms. The third-order valence-electron chi connectivity index (χ3n) is 6.39. The molecule has 1 aromatic heterocycles. The van der Waals surface area contributed by atoms with E-state index in [1.165, 1.54) is 13.8 Å². The van der Waals surface area contributed by atoms with Crippen LogP contribution >= 0.6 is 0 Å². The van der Waals surface area contributed by atoms with Crippen molar-refractivity contribution in [2.24, 2.45) is 5.92 Å². The number of benzene rings is 1. The van der Waals surface area contributed by atoms with Gasteiger partial charge < -0.3 is 0 Å². The van der Waals surface area contributed by atoms with Crippen LogP contribution in [0.1, 0.15) is 45.2 Å². The summed E-state index contributed by atoms with van der Waals surface area (Å²) in [6.07, 6.45) is -9.10. The highest BCUT2D eigenvalue weighted by molar-refractivity contribution is 7.92. The lowest BCUT2D eigenvalue weighted by Gasteiger charge is -2.39. The highest BCUT2D eigenvalue weighted by atomic mass is 32.2. The summed E-state index contributed by atoms with van der Waals surface area (Å²) >= 11 is 0. The van der Waals surface area contributed by atoms with Gasteiger partial charge in [0.25, 0.3) is 0 Å². The van der Waals surface area contributed by atoms with Crippen molar-refractivity contribution in [2.45, 2.75) is 61.0 Å². The zero-order chi connectivity index (χ0) is 28.2. The van der Waals surface area contributed by atoms with Crippen molar-refractivity contribution in [1.29, 1.82) is 0 Å². The fraction of sp³-hybridized carbons (Fsp3) is 0.478. The van der Waals surface area contributed by atoms with Crippen LogP contribution in [0.25, 0.3) is 0 Å². The van der Waals surface area contributed by atoms with Gasteiger partial charge in [-0.25, -0.2) is 21.8 Å². The summed E-state index contributed by atoms with van der Waals surface area (Å²) in [5, 5.41) is 0. The van der Waals surface area contributed by atoms with Crippen LogP contribution in [0.5, 0.6) is 0 Å². The number of hydrogen-bond donors (Lipinski definition) is 0. The lowest BCUT2D eigenvalue weighted by atomic mass is 9.85. The quantitative estimate of drug-likeness (QED) is 0.448. The number of carbonyl (C=O) groups excluding carboxylic acids is 1. The number of carbonyl (C=O) groups is 1. The second-order valence-electron chi connectivity index (χ2n) is 9.18. The Morgan fingerprint density at radius 3 is 2.03 bits per heavy atom. The van der Waals surface area contributed by atoms with Crippen LogP contribution in [0.15, 0.2) is 46.3 Å². The summed E-state index contributed by atoms with van der Waals surface area (Å²) < 4.78 is 128. The Bertz CT molecular complexity index is 1430. The van der Waals surface area contributed by atoms with Gasteiger partial charge in [-0.15, -0.1) is 0 Å². The van der Waals surface area contributed by atoms with E-state index in [0.717, 1.165) is 23.1 Å². The summed E-state index contributed by atoms with van der Waals surface area (Å²) in [6, 6.07) is 3.60. The molecule has 2 aromatic rings. The summed E-state index contributed by atoms with van der Waals surface area (Å²) in [6.45, 7) is 2.27. The maximum Gasteiger partial charge on any atom is 0.417 e. The molecular weight excluding hydrogens is 562 g/mol. The maximum atomic E-state index is 13.3. The molecule has 0 aliphatic carbocycles. The molecule has 2 heterocycles. The number of hydrogen-bond acceptors (Lipinski definition) is 6. The average Bonchev–Trinajstić information content (AvgIpc) is 2.77. The molecule has 212 valence electrons. The molecule has 0 N–H and O–H groups in total. The Hall–Kier alpha value is -2.68. The van der Waals surface area contributed by atoms with Crippen molar-refractivity contribution in [3.05, 3.63) is 47.7 Å². The van der Waals surface area contributed by atoms with Crippen LogP contribution in [0.2, 0.25) is 0 Å². The molecule has 1 aliphatic rings. The molecule has 1 aliphatic heterocycles. The van der Waals surface area contributed by atoms with Crippen LogP contribution in [0.4, 0.5) is 32.2 Å². The van der Waals surface area contributed by atoms with Gasteiger partial charge >= 0.3 is 12.4 Å². The summed E-state index contributed by atoms with van der Waals surface area (Å²) in [5.41, 5.74) is -2.48. The van der Waals surface area contributed by atoms with Gasteiger partial charge in [0.1, 0.15) is 4.90 Å². The third-order valence-corrected chi connectivity index (χ3v) is 10.1. The van der Waals surface area contributed by atoms with E-state index < -0.39 is 81.8 Å². The van der Waals surface area contributed by atoms with E-state index in [2.05, 4.69) is 4.98 Å². The third kappa shape index (κ3) is 5.98. The Kier molecular flexibility index (Phi) is 8.41. The molecule has 1 atom stereocenters. The van der Waals surface area contributed by atoms with Gasteiger partial charge in [-0.2, -0.15) is 26.3 Å². The van der Waals surface area contributed by atoms with Crippen molar-refractivity contribution in [3.63, 3.8) is 0 Å². The molecule has 1 saturated heterocycles. The minimum absolute atomic E-state index is 0. The van der Waals surface area contributed by atoms with Gasteiger partial charge in [-0.1, -0.05) is 13.5 Å². The highest BCUT2D eigenvalue weighted by Gasteiger charge is 2.47. The van der Waals surface area contributed by atoms with Gasteiger partial charge in [0.05, 0.1) is 20.8 Å². The molecule has 1 aromatic carbocycles. The second-order valence-corrected chi connectivity index (χ2v) is 13.7. The first-order valence-electron chi connectivity index (χ1n) is 10.7. The normalized spacial score (nSPS) is 17.8. The van der Waals surface area contributed by atoms with Gasteiger partial charge in [0.15, 0.2) is 25.5 Å². The Morgan fingerprint density at radius 1 is 0.947 bits per heavy atom. The molecule has 0 bridgehead atoms. The number of piperidine rings is 1. The largest absolute Gasteiger partial charge is 0.417 e. The van der Waals surface area contributed by atoms with Crippen LogP contribution in [0.3, 0.4) is 0 Å². The summed E-state index contributed by atoms with van der Waals surface area (Å²) in [5.74, 6) is -2.20. The van der Waals surface area contributed by atoms with Gasteiger partial charge in [0.2, 0.25) is 5.91 Å². The number of anilines is 1. The Balaban J connectivity index is 0.00000507. The first kappa shape index (κ1) is 31.5. The molecule has 7 nitrogen and oxygen atoms in total. The average molecular weight is 589 g/mol. The van der Waals surface area contributed by atoms with Crippen molar-refractivity contribution in [3.8, 4) is 0 Å². The summed E-state index contributed by atoms with van der Waals surface area (Å²) in [4.78, 5) is 16.1. The lowest BCUT2D eigenvalue weighted by molar-refractivity contribution is -0.138. The molecule has 1 fully saturated rings. The standard InChI is InChI=1S/C22H22F6N2O5S2.CH4/c1-20(2,37(34,35)16-6-4-5-14(9-16)21(23,24)25)13-7-8-30(18(31)11-13)19-17(36(3,32)33)10-15(12-29-19)22(26,27)28;/h4-6,9-10,12-13H,7-8,11H2,1-3H3;1H4/t13-;/m0./s1. The first-order valence-corrected chi connectivity index (χ1v) is 14.0. The topological polar surface area (TPSA) is 101 Å². The molecule has 15 heteroatoms. The van der Waals surface area contributed by atoms with Crippen molar-refractivity contribution in [1.82, 2.24) is 4.98 Å². The number of alkyl halides is 6. The maximum absolute atomic E-state index is 13.3. The molecule has 3 rings (SSSR count). The molecule has 1 amide bonds. The first-order chi connectivity index (χ1) is 16.7. The van der Waals surface area contributed by atoms with E-state index in [1.54, 1.807) is 0 Å². The summed E-state index contributed by atoms with van der Waals surface area (Å²) in [7, 11) is -8.64. The molecule has 38 heavy (non-hydrogen) atoms. The lowest BCUT2D eigenvalue weighted by Crippen LogP contribution is -2.49. The van der Waals surface area contributed by atoms with E-state index in [1.807, 2.05) is 0 Å². The number of halogens is 6. The zero-order valence-electron chi connectivity index (χ0n) is 19.7. The van der Waals surface area contributed by atoms with E-state index in [4.69, 9.17) is 0 Å². The van der Waals surface area contributed by atoms with Gasteiger partial charge in [-0.05, 0) is 50.5 Å². The predicted molar refractivity (Wildman–Crippen MR) is 127 cm³/mol. The number of sulfone groups is 2. The molecular formula is C23H26F6N2O5S2. The fourth-order valence-corrected chi connectivity index (χ4v) is 6.70. The minimum atomic E-state index is -4.89. The smallest absolute Gasteiger partial charge is 0.296 e. The van der Waals surface area contributed by atoms with Crippen LogP contribution < -0.4 is 4.90 Å². The second kappa shape index (κ2) is 10.1. The number of nitrogens with zero attached hydrogens (tertiary/aromatic N) is 2.